The van der Waals surface area contributed by atoms with Gasteiger partial charge in [-0.1, -0.05) is 13.2 Å². The summed E-state index contributed by atoms with van der Waals surface area (Å²) in [4.78, 5) is 51.9. The zero-order valence-corrected chi connectivity index (χ0v) is 27.4. The first-order chi connectivity index (χ1) is 24.2. The molecule has 4 aromatic carbocycles. The molecule has 0 fully saturated rings. The Balaban J connectivity index is 1.22. The molecule has 11 nitrogen and oxygen atoms in total. The maximum Gasteiger partial charge on any atom is 0.343 e. The van der Waals surface area contributed by atoms with Crippen molar-refractivity contribution in [3.05, 3.63) is 139 Å². The maximum atomic E-state index is 12.7. The van der Waals surface area contributed by atoms with Crippen LogP contribution in [0.3, 0.4) is 0 Å². The van der Waals surface area contributed by atoms with Gasteiger partial charge in [0.05, 0.1) is 30.0 Å². The second-order valence-electron chi connectivity index (χ2n) is 10.5. The van der Waals surface area contributed by atoms with Gasteiger partial charge in [-0.05, 0) is 122 Å². The van der Waals surface area contributed by atoms with Gasteiger partial charge in [0.15, 0.2) is 0 Å². The highest BCUT2D eigenvalue weighted by atomic mass is 16.7. The summed E-state index contributed by atoms with van der Waals surface area (Å²) in [7, 11) is 0. The van der Waals surface area contributed by atoms with Crippen LogP contribution in [0.15, 0.2) is 121 Å². The van der Waals surface area contributed by atoms with Crippen molar-refractivity contribution in [2.75, 3.05) is 20.0 Å². The molecule has 0 atom stereocenters. The largest absolute Gasteiger partial charge is 0.494 e. The number of carbonyl (C=O) groups is 4. The van der Waals surface area contributed by atoms with Gasteiger partial charge in [0.2, 0.25) is 6.79 Å². The number of rotatable bonds is 17. The second-order valence-corrected chi connectivity index (χ2v) is 10.5. The predicted octanol–water partition coefficient (Wildman–Crippen LogP) is 7.14. The van der Waals surface area contributed by atoms with E-state index in [4.69, 9.17) is 28.4 Å². The van der Waals surface area contributed by atoms with Gasteiger partial charge in [-0.3, -0.25) is 4.99 Å². The first-order valence-electron chi connectivity index (χ1n) is 15.5. The number of nitrogens with zero attached hydrogens (tertiary/aromatic N) is 1. The van der Waals surface area contributed by atoms with Gasteiger partial charge in [0.25, 0.3) is 0 Å². The Morgan fingerprint density at radius 3 is 1.82 bits per heavy atom. The van der Waals surface area contributed by atoms with Gasteiger partial charge < -0.3 is 28.4 Å². The highest BCUT2D eigenvalue weighted by Crippen LogP contribution is 2.25. The summed E-state index contributed by atoms with van der Waals surface area (Å²) >= 11 is 0. The molecule has 0 aliphatic heterocycles. The van der Waals surface area contributed by atoms with E-state index in [0.29, 0.717) is 65.9 Å². The van der Waals surface area contributed by atoms with Crippen molar-refractivity contribution < 1.29 is 47.6 Å². The average molecular weight is 678 g/mol. The standard InChI is InChI=1S/C39H35NO10/c1-4-36(41)46-23-7-6-22-45-32-17-10-30(11-18-32)39(44)50-35-21-14-31(24-27(35)3)40-25-28-8-15-34(16-9-28)49-38(43)29-12-19-33(20-13-29)47-26-48-37(42)5-2/h4-5,8-21,24-25H,1-2,6-7,22-23,26H2,3H3. The number of ether oxygens (including phenoxy) is 6. The van der Waals surface area contributed by atoms with Crippen LogP contribution in [-0.4, -0.2) is 50.1 Å². The Bertz CT molecular complexity index is 1830. The smallest absolute Gasteiger partial charge is 0.343 e. The molecule has 0 saturated carbocycles. The van der Waals surface area contributed by atoms with Gasteiger partial charge in [-0.25, -0.2) is 19.2 Å². The van der Waals surface area contributed by atoms with E-state index in [9.17, 15) is 19.2 Å². The van der Waals surface area contributed by atoms with Crippen molar-refractivity contribution in [1.29, 1.82) is 0 Å². The monoisotopic (exact) mass is 677 g/mol. The van der Waals surface area contributed by atoms with Crippen LogP contribution in [0.4, 0.5) is 5.69 Å². The molecule has 0 saturated heterocycles. The van der Waals surface area contributed by atoms with Crippen LogP contribution >= 0.6 is 0 Å². The lowest BCUT2D eigenvalue weighted by atomic mass is 10.2. The molecule has 0 amide bonds. The fraction of sp³-hybridized carbons (Fsp3) is 0.154. The van der Waals surface area contributed by atoms with E-state index in [2.05, 4.69) is 18.2 Å². The molecule has 256 valence electrons. The Labute approximate surface area is 289 Å². The third-order valence-electron chi connectivity index (χ3n) is 6.81. The predicted molar refractivity (Wildman–Crippen MR) is 185 cm³/mol. The summed E-state index contributed by atoms with van der Waals surface area (Å²) in [5, 5.41) is 0. The van der Waals surface area contributed by atoms with Crippen molar-refractivity contribution in [3.63, 3.8) is 0 Å². The third-order valence-corrected chi connectivity index (χ3v) is 6.81. The Morgan fingerprint density at radius 1 is 0.640 bits per heavy atom. The molecule has 0 unspecified atom stereocenters. The minimum atomic E-state index is -0.601. The third kappa shape index (κ3) is 11.6. The molecule has 0 aliphatic rings. The molecular weight excluding hydrogens is 642 g/mol. The summed E-state index contributed by atoms with van der Waals surface area (Å²) in [6, 6.07) is 24.9. The number of unbranched alkanes of at least 4 members (excludes halogenated alkanes) is 1. The van der Waals surface area contributed by atoms with Crippen LogP contribution in [0.25, 0.3) is 0 Å². The zero-order valence-electron chi connectivity index (χ0n) is 27.4. The SMILES string of the molecule is C=CC(=O)OCCCCOc1ccc(C(=O)Oc2ccc(N=Cc3ccc(OC(=O)c4ccc(OCOC(=O)C=C)cc4)cc3)cc2C)cc1. The van der Waals surface area contributed by atoms with Gasteiger partial charge >= 0.3 is 23.9 Å². The van der Waals surface area contributed by atoms with Gasteiger partial charge in [0.1, 0.15) is 23.0 Å². The number of esters is 4. The van der Waals surface area contributed by atoms with Crippen LogP contribution in [0.5, 0.6) is 23.0 Å². The Morgan fingerprint density at radius 2 is 1.20 bits per heavy atom. The lowest BCUT2D eigenvalue weighted by molar-refractivity contribution is -0.144. The van der Waals surface area contributed by atoms with E-state index in [-0.39, 0.29) is 6.79 Å². The quantitative estimate of drug-likeness (QED) is 0.0283. The van der Waals surface area contributed by atoms with E-state index >= 15 is 0 Å². The van der Waals surface area contributed by atoms with E-state index < -0.39 is 23.9 Å². The highest BCUT2D eigenvalue weighted by molar-refractivity contribution is 5.92. The molecule has 0 heterocycles. The zero-order chi connectivity index (χ0) is 35.7. The lowest BCUT2D eigenvalue weighted by Gasteiger charge is -2.09. The number of aliphatic imine (C=N–C) groups is 1. The number of benzene rings is 4. The van der Waals surface area contributed by atoms with E-state index in [1.165, 1.54) is 12.1 Å². The fourth-order valence-electron chi connectivity index (χ4n) is 4.14. The van der Waals surface area contributed by atoms with Gasteiger partial charge in [-0.2, -0.15) is 0 Å². The Kier molecular flexibility index (Phi) is 13.6. The molecule has 4 aromatic rings. The first kappa shape index (κ1) is 36.3. The van der Waals surface area contributed by atoms with Crippen molar-refractivity contribution in [2.24, 2.45) is 4.99 Å². The summed E-state index contributed by atoms with van der Waals surface area (Å²) < 4.78 is 31.7. The maximum absolute atomic E-state index is 12.7. The van der Waals surface area contributed by atoms with Crippen molar-refractivity contribution >= 4 is 35.8 Å². The van der Waals surface area contributed by atoms with E-state index in [1.807, 2.05) is 6.92 Å². The van der Waals surface area contributed by atoms with Gasteiger partial charge in [0, 0.05) is 18.4 Å². The minimum Gasteiger partial charge on any atom is -0.494 e. The van der Waals surface area contributed by atoms with Crippen molar-refractivity contribution in [2.45, 2.75) is 19.8 Å². The van der Waals surface area contributed by atoms with Crippen molar-refractivity contribution in [1.82, 2.24) is 0 Å². The van der Waals surface area contributed by atoms with Crippen LogP contribution in [0.2, 0.25) is 0 Å². The molecule has 0 radical (unpaired) electrons. The summed E-state index contributed by atoms with van der Waals surface area (Å²) in [6.07, 6.45) is 5.19. The summed E-state index contributed by atoms with van der Waals surface area (Å²) in [6.45, 7) is 8.94. The minimum absolute atomic E-state index is 0.277. The lowest BCUT2D eigenvalue weighted by Crippen LogP contribution is -2.09. The molecule has 0 aromatic heterocycles. The number of aryl methyl sites for hydroxylation is 1. The molecule has 0 aliphatic carbocycles. The van der Waals surface area contributed by atoms with Crippen molar-refractivity contribution in [3.8, 4) is 23.0 Å². The molecular formula is C39H35NO10. The van der Waals surface area contributed by atoms with E-state index in [0.717, 1.165) is 23.3 Å². The second kappa shape index (κ2) is 18.7. The summed E-state index contributed by atoms with van der Waals surface area (Å²) in [5.41, 5.74) is 2.85. The number of hydrogen-bond acceptors (Lipinski definition) is 11. The number of hydrogen-bond donors (Lipinski definition) is 0. The normalized spacial score (nSPS) is 10.5. The fourth-order valence-corrected chi connectivity index (χ4v) is 4.14. The molecule has 0 spiro atoms. The van der Waals surface area contributed by atoms with E-state index in [1.54, 1.807) is 85.1 Å². The van der Waals surface area contributed by atoms with Gasteiger partial charge in [-0.15, -0.1) is 0 Å². The van der Waals surface area contributed by atoms with Crippen LogP contribution in [-0.2, 0) is 19.1 Å². The molecule has 0 bridgehead atoms. The number of carbonyl (C=O) groups excluding carboxylic acids is 4. The summed E-state index contributed by atoms with van der Waals surface area (Å²) in [5.74, 6) is -0.310. The first-order valence-corrected chi connectivity index (χ1v) is 15.5. The molecule has 0 N–H and O–H groups in total. The Hall–Kier alpha value is -6.49. The topological polar surface area (TPSA) is 136 Å². The average Bonchev–Trinajstić information content (AvgIpc) is 3.14. The van der Waals surface area contributed by atoms with Crippen LogP contribution in [0.1, 0.15) is 44.7 Å². The van der Waals surface area contributed by atoms with Crippen LogP contribution in [0, 0.1) is 6.92 Å². The van der Waals surface area contributed by atoms with Crippen LogP contribution < -0.4 is 18.9 Å². The molecule has 11 heteroatoms. The molecule has 50 heavy (non-hydrogen) atoms. The highest BCUT2D eigenvalue weighted by Gasteiger charge is 2.12. The molecule has 4 rings (SSSR count).